The number of amides is 1. The van der Waals surface area contributed by atoms with E-state index < -0.39 is 0 Å². The Labute approximate surface area is 157 Å². The van der Waals surface area contributed by atoms with E-state index in [9.17, 15) is 9.18 Å². The molecule has 2 aromatic rings. The number of nitrogens with zero attached hydrogens (tertiary/aromatic N) is 1. The van der Waals surface area contributed by atoms with Gasteiger partial charge in [0, 0.05) is 25.6 Å². The molecule has 3 heterocycles. The van der Waals surface area contributed by atoms with Crippen LogP contribution in [0.25, 0.3) is 0 Å². The Balaban J connectivity index is 1.41. The van der Waals surface area contributed by atoms with Crippen molar-refractivity contribution < 1.29 is 13.9 Å². The topological polar surface area (TPSA) is 41.6 Å². The minimum Gasteiger partial charge on any atom is -0.446 e. The molecule has 138 valence electrons. The molecule has 2 aliphatic rings. The van der Waals surface area contributed by atoms with Crippen molar-refractivity contribution in [2.45, 2.75) is 50.3 Å². The van der Waals surface area contributed by atoms with Crippen molar-refractivity contribution in [2.24, 2.45) is 0 Å². The number of carbonyl (C=O) groups excluding carboxylic acids is 1. The van der Waals surface area contributed by atoms with Crippen molar-refractivity contribution in [1.82, 2.24) is 5.32 Å². The van der Waals surface area contributed by atoms with Crippen LogP contribution in [0, 0.1) is 5.82 Å². The maximum atomic E-state index is 13.1. The summed E-state index contributed by atoms with van der Waals surface area (Å²) in [5.74, 6) is -0.240. The van der Waals surface area contributed by atoms with Gasteiger partial charge in [0.05, 0.1) is 0 Å². The van der Waals surface area contributed by atoms with E-state index in [0.29, 0.717) is 18.5 Å². The molecule has 2 atom stereocenters. The molecule has 4 rings (SSSR count). The fraction of sp³-hybridized carbons (Fsp3) is 0.450. The summed E-state index contributed by atoms with van der Waals surface area (Å²) in [6.07, 6.45) is 4.55. The number of rotatable bonds is 4. The van der Waals surface area contributed by atoms with Crippen molar-refractivity contribution in [3.8, 4) is 0 Å². The van der Waals surface area contributed by atoms with Gasteiger partial charge in [0.1, 0.15) is 16.9 Å². The van der Waals surface area contributed by atoms with Crippen molar-refractivity contribution in [2.75, 3.05) is 11.9 Å². The average molecular weight is 374 g/mol. The first-order valence-corrected chi connectivity index (χ1v) is 9.97. The molecular formula is C20H23FN2O2S. The molecule has 6 heteroatoms. The summed E-state index contributed by atoms with van der Waals surface area (Å²) in [5, 5.41) is 6.42. The van der Waals surface area contributed by atoms with Gasteiger partial charge in [-0.1, -0.05) is 12.1 Å². The minimum atomic E-state index is -0.292. The Morgan fingerprint density at radius 3 is 2.62 bits per heavy atom. The van der Waals surface area contributed by atoms with Crippen LogP contribution in [0.4, 0.5) is 14.2 Å². The average Bonchev–Trinajstić information content (AvgIpc) is 3.22. The summed E-state index contributed by atoms with van der Waals surface area (Å²) in [5.41, 5.74) is 2.06. The molecule has 26 heavy (non-hydrogen) atoms. The van der Waals surface area contributed by atoms with Gasteiger partial charge >= 0.3 is 6.09 Å². The number of thiophene rings is 1. The lowest BCUT2D eigenvalue weighted by molar-refractivity contribution is 0.0731. The van der Waals surface area contributed by atoms with Gasteiger partial charge in [-0.05, 0) is 60.4 Å². The summed E-state index contributed by atoms with van der Waals surface area (Å²) in [6.45, 7) is 0. The molecule has 1 aromatic carbocycles. The SMILES string of the molecule is CN(C(=O)OC1CC2CCC(C1)N2)c1sccc1Cc1ccc(F)cc1. The van der Waals surface area contributed by atoms with Gasteiger partial charge in [-0.25, -0.2) is 9.18 Å². The molecule has 4 nitrogen and oxygen atoms in total. The number of hydrogen-bond donors (Lipinski definition) is 1. The highest BCUT2D eigenvalue weighted by Crippen LogP contribution is 2.32. The van der Waals surface area contributed by atoms with Crippen molar-refractivity contribution in [3.05, 3.63) is 52.7 Å². The molecule has 0 spiro atoms. The predicted octanol–water partition coefficient (Wildman–Crippen LogP) is 4.33. The third-order valence-corrected chi connectivity index (χ3v) is 6.34. The minimum absolute atomic E-state index is 0.00390. The molecular weight excluding hydrogens is 351 g/mol. The summed E-state index contributed by atoms with van der Waals surface area (Å²) in [4.78, 5) is 14.2. The smallest absolute Gasteiger partial charge is 0.414 e. The first-order chi connectivity index (χ1) is 12.6. The van der Waals surface area contributed by atoms with Gasteiger partial charge in [-0.2, -0.15) is 0 Å². The Kier molecular flexibility index (Phi) is 4.96. The number of halogens is 1. The van der Waals surface area contributed by atoms with Crippen LogP contribution in [0.3, 0.4) is 0 Å². The second-order valence-electron chi connectivity index (χ2n) is 7.23. The van der Waals surface area contributed by atoms with Crippen LogP contribution in [0.15, 0.2) is 35.7 Å². The highest BCUT2D eigenvalue weighted by Gasteiger charge is 2.35. The highest BCUT2D eigenvalue weighted by molar-refractivity contribution is 7.14. The van der Waals surface area contributed by atoms with E-state index in [-0.39, 0.29) is 18.0 Å². The fourth-order valence-electron chi connectivity index (χ4n) is 3.98. The van der Waals surface area contributed by atoms with Gasteiger partial charge in [0.15, 0.2) is 0 Å². The number of nitrogens with one attached hydrogen (secondary N) is 1. The molecule has 1 N–H and O–H groups in total. The predicted molar refractivity (Wildman–Crippen MR) is 101 cm³/mol. The Bertz CT molecular complexity index is 764. The van der Waals surface area contributed by atoms with Crippen LogP contribution >= 0.6 is 11.3 Å². The van der Waals surface area contributed by atoms with E-state index in [2.05, 4.69) is 5.32 Å². The number of piperidine rings is 1. The molecule has 0 radical (unpaired) electrons. The van der Waals surface area contributed by atoms with E-state index >= 15 is 0 Å². The Hall–Kier alpha value is -1.92. The number of benzene rings is 1. The van der Waals surface area contributed by atoms with Gasteiger partial charge in [-0.3, -0.25) is 4.90 Å². The van der Waals surface area contributed by atoms with Crippen LogP contribution in [0.5, 0.6) is 0 Å². The number of fused-ring (bicyclic) bond motifs is 2. The number of carbonyl (C=O) groups is 1. The van der Waals surface area contributed by atoms with Gasteiger partial charge in [-0.15, -0.1) is 11.3 Å². The quantitative estimate of drug-likeness (QED) is 0.866. The molecule has 0 aliphatic carbocycles. The van der Waals surface area contributed by atoms with E-state index in [4.69, 9.17) is 4.74 Å². The molecule has 2 saturated heterocycles. The Morgan fingerprint density at radius 1 is 1.23 bits per heavy atom. The molecule has 2 bridgehead atoms. The van der Waals surface area contributed by atoms with E-state index in [1.54, 1.807) is 24.1 Å². The lowest BCUT2D eigenvalue weighted by Gasteiger charge is -2.30. The molecule has 2 aliphatic heterocycles. The van der Waals surface area contributed by atoms with Crippen molar-refractivity contribution in [3.63, 3.8) is 0 Å². The van der Waals surface area contributed by atoms with Gasteiger partial charge in [0.2, 0.25) is 0 Å². The van der Waals surface area contributed by atoms with E-state index in [0.717, 1.165) is 29.0 Å². The summed E-state index contributed by atoms with van der Waals surface area (Å²) >= 11 is 1.52. The van der Waals surface area contributed by atoms with Gasteiger partial charge in [0.25, 0.3) is 0 Å². The zero-order valence-corrected chi connectivity index (χ0v) is 15.6. The van der Waals surface area contributed by atoms with Crippen molar-refractivity contribution >= 4 is 22.4 Å². The zero-order valence-electron chi connectivity index (χ0n) is 14.8. The van der Waals surface area contributed by atoms with Crippen LogP contribution in [0.2, 0.25) is 0 Å². The molecule has 2 fully saturated rings. The van der Waals surface area contributed by atoms with Crippen molar-refractivity contribution in [1.29, 1.82) is 0 Å². The second-order valence-corrected chi connectivity index (χ2v) is 8.12. The lowest BCUT2D eigenvalue weighted by atomic mass is 10.0. The number of anilines is 1. The van der Waals surface area contributed by atoms with Crippen LogP contribution in [-0.4, -0.2) is 31.3 Å². The standard InChI is InChI=1S/C20H23FN2O2S/c1-23(20(24)25-18-11-16-6-7-17(12-18)22-16)19-14(8-9-26-19)10-13-2-4-15(21)5-3-13/h2-5,8-9,16-18,22H,6-7,10-12H2,1H3. The van der Waals surface area contributed by atoms with Gasteiger partial charge < -0.3 is 10.1 Å². The monoisotopic (exact) mass is 374 g/mol. The Morgan fingerprint density at radius 2 is 1.92 bits per heavy atom. The maximum absolute atomic E-state index is 13.1. The summed E-state index contributed by atoms with van der Waals surface area (Å²) in [7, 11) is 1.76. The molecule has 0 saturated carbocycles. The van der Waals surface area contributed by atoms with Crippen LogP contribution in [-0.2, 0) is 11.2 Å². The second kappa shape index (κ2) is 7.37. The normalized spacial score (nSPS) is 24.5. The molecule has 1 aromatic heterocycles. The zero-order chi connectivity index (χ0) is 18.1. The molecule has 1 amide bonds. The largest absolute Gasteiger partial charge is 0.446 e. The molecule has 2 unspecified atom stereocenters. The number of hydrogen-bond acceptors (Lipinski definition) is 4. The highest BCUT2D eigenvalue weighted by atomic mass is 32.1. The first-order valence-electron chi connectivity index (χ1n) is 9.09. The van der Waals surface area contributed by atoms with E-state index in [1.165, 1.54) is 36.3 Å². The van der Waals surface area contributed by atoms with Crippen LogP contribution in [0.1, 0.15) is 36.8 Å². The van der Waals surface area contributed by atoms with Crippen LogP contribution < -0.4 is 10.2 Å². The lowest BCUT2D eigenvalue weighted by Crippen LogP contribution is -2.43. The third kappa shape index (κ3) is 3.76. The first kappa shape index (κ1) is 17.5. The number of ether oxygens (including phenoxy) is 1. The maximum Gasteiger partial charge on any atom is 0.414 e. The van der Waals surface area contributed by atoms with E-state index in [1.807, 2.05) is 11.4 Å². The summed E-state index contributed by atoms with van der Waals surface area (Å²) < 4.78 is 18.9. The third-order valence-electron chi connectivity index (χ3n) is 5.31. The summed E-state index contributed by atoms with van der Waals surface area (Å²) in [6, 6.07) is 9.48. The fourth-order valence-corrected chi connectivity index (χ4v) is 4.87.